The van der Waals surface area contributed by atoms with Crippen molar-refractivity contribution in [3.05, 3.63) is 68.3 Å². The molecular formula is C36H50N4O2Sn. The van der Waals surface area contributed by atoms with Crippen LogP contribution in [0.15, 0.2) is 12.1 Å². The fraction of sp³-hybridized carbons (Fsp3) is 0.444. The Morgan fingerprint density at radius 1 is 0.581 bits per heavy atom. The maximum atomic E-state index is 5.22. The molecule has 7 heteroatoms. The number of aromatic nitrogens is 4. The summed E-state index contributed by atoms with van der Waals surface area (Å²) in [6.45, 7) is 19.3. The molecule has 3 aromatic heterocycles. The molecule has 8 bridgehead atoms. The van der Waals surface area contributed by atoms with Crippen LogP contribution >= 0.6 is 0 Å². The van der Waals surface area contributed by atoms with Crippen LogP contribution in [0.3, 0.4) is 0 Å². The van der Waals surface area contributed by atoms with Gasteiger partial charge in [0, 0.05) is 58.1 Å². The number of aromatic amines is 1. The molecule has 0 spiro atoms. The summed E-state index contributed by atoms with van der Waals surface area (Å²) < 4.78 is 2.57. The molecule has 0 atom stereocenters. The average molecular weight is 690 g/mol. The largest absolute Gasteiger partial charge is 0.412 e. The van der Waals surface area contributed by atoms with Crippen molar-refractivity contribution in [2.45, 2.75) is 107 Å². The zero-order valence-corrected chi connectivity index (χ0v) is 30.2. The van der Waals surface area contributed by atoms with Gasteiger partial charge in [0.1, 0.15) is 0 Å². The van der Waals surface area contributed by atoms with Crippen LogP contribution < -0.4 is 0 Å². The standard InChI is InChI=1S/C36H46N4.2H2O.Sn/c1-9-22-19-25-20-23-17-18-24(37-23)21-32-26(10-2)29(13-5)36(40(32)16-8)31(15-7)35-28(12-4)27(11-3)34(39-35)30(14-6)33(22)38-25;;;/h17-21,39H,9-16H2,1-8H3;2*1H2;. The Morgan fingerprint density at radius 2 is 1.12 bits per heavy atom. The number of nitrogens with zero attached hydrogens (tertiary/aromatic N) is 3. The number of allylic oxidation sites excluding steroid dienone is 1. The molecule has 0 aliphatic carbocycles. The van der Waals surface area contributed by atoms with Crippen molar-refractivity contribution >= 4 is 69.8 Å². The van der Waals surface area contributed by atoms with E-state index in [-0.39, 0.29) is 34.9 Å². The van der Waals surface area contributed by atoms with Gasteiger partial charge in [0.2, 0.25) is 0 Å². The molecular weight excluding hydrogens is 639 g/mol. The Balaban J connectivity index is 0.00000215. The van der Waals surface area contributed by atoms with Crippen LogP contribution in [0.5, 0.6) is 0 Å². The minimum atomic E-state index is 0. The molecule has 0 fully saturated rings. The van der Waals surface area contributed by atoms with Crippen molar-refractivity contribution in [3.63, 3.8) is 0 Å². The van der Waals surface area contributed by atoms with E-state index in [1.54, 1.807) is 0 Å². The second-order valence-corrected chi connectivity index (χ2v) is 10.8. The molecule has 2 aliphatic heterocycles. The first kappa shape index (κ1) is 36.5. The van der Waals surface area contributed by atoms with Gasteiger partial charge in [-0.25, -0.2) is 9.97 Å². The Morgan fingerprint density at radius 3 is 1.63 bits per heavy atom. The average Bonchev–Trinajstić information content (AvgIpc) is 3.73. The molecule has 5 heterocycles. The summed E-state index contributed by atoms with van der Waals surface area (Å²) in [6, 6.07) is 4.45. The van der Waals surface area contributed by atoms with Crippen LogP contribution in [-0.2, 0) is 45.1 Å². The molecule has 230 valence electrons. The number of hydrogen-bond acceptors (Lipinski definition) is 2. The molecule has 0 saturated heterocycles. The van der Waals surface area contributed by atoms with Crippen LogP contribution in [0.4, 0.5) is 0 Å². The first-order valence-corrected chi connectivity index (χ1v) is 15.7. The second kappa shape index (κ2) is 15.4. The molecule has 0 amide bonds. The third kappa shape index (κ3) is 6.16. The molecule has 5 rings (SSSR count). The Kier molecular flexibility index (Phi) is 13.0. The van der Waals surface area contributed by atoms with Crippen LogP contribution in [-0.4, -0.2) is 54.4 Å². The van der Waals surface area contributed by atoms with Gasteiger partial charge in [-0.2, -0.15) is 0 Å². The predicted octanol–water partition coefficient (Wildman–Crippen LogP) is 7.27. The number of fused-ring (bicyclic) bond motifs is 8. The third-order valence-corrected chi connectivity index (χ3v) is 8.86. The van der Waals surface area contributed by atoms with Gasteiger partial charge in [0.15, 0.2) is 0 Å². The topological polar surface area (TPSA) is 110 Å². The Bertz CT molecular complexity index is 1690. The molecule has 2 aliphatic rings. The fourth-order valence-corrected chi connectivity index (χ4v) is 7.09. The number of hydrogen-bond donors (Lipinski definition) is 1. The molecule has 3 aromatic rings. The van der Waals surface area contributed by atoms with Gasteiger partial charge in [-0.05, 0) is 116 Å². The summed E-state index contributed by atoms with van der Waals surface area (Å²) in [5, 5.41) is 0. The van der Waals surface area contributed by atoms with Crippen molar-refractivity contribution in [1.82, 2.24) is 19.5 Å². The van der Waals surface area contributed by atoms with E-state index < -0.39 is 0 Å². The minimum Gasteiger partial charge on any atom is -0.412 e. The van der Waals surface area contributed by atoms with E-state index in [4.69, 9.17) is 9.97 Å². The van der Waals surface area contributed by atoms with E-state index in [1.807, 2.05) is 0 Å². The Labute approximate surface area is 274 Å². The van der Waals surface area contributed by atoms with Gasteiger partial charge in [-0.15, -0.1) is 0 Å². The van der Waals surface area contributed by atoms with E-state index in [1.165, 1.54) is 61.0 Å². The summed E-state index contributed by atoms with van der Waals surface area (Å²) in [5.41, 5.74) is 19.4. The zero-order valence-electron chi connectivity index (χ0n) is 27.4. The van der Waals surface area contributed by atoms with E-state index in [9.17, 15) is 0 Å². The fourth-order valence-electron chi connectivity index (χ4n) is 7.09. The summed E-state index contributed by atoms with van der Waals surface area (Å²) in [6.07, 6.45) is 13.5. The molecule has 5 N–H and O–H groups in total. The quantitative estimate of drug-likeness (QED) is 0.196. The van der Waals surface area contributed by atoms with E-state index in [2.05, 4.69) is 95.3 Å². The molecule has 43 heavy (non-hydrogen) atoms. The number of aryl methyl sites for hydroxylation is 7. The van der Waals surface area contributed by atoms with Crippen molar-refractivity contribution < 1.29 is 11.0 Å². The van der Waals surface area contributed by atoms with Crippen LogP contribution in [0, 0.1) is 0 Å². The minimum absolute atomic E-state index is 0. The molecule has 0 saturated carbocycles. The molecule has 0 unspecified atom stereocenters. The van der Waals surface area contributed by atoms with Crippen molar-refractivity contribution in [2.24, 2.45) is 0 Å². The zero-order chi connectivity index (χ0) is 28.6. The van der Waals surface area contributed by atoms with Gasteiger partial charge in [-0.1, -0.05) is 48.5 Å². The monoisotopic (exact) mass is 690 g/mol. The van der Waals surface area contributed by atoms with Crippen LogP contribution in [0.2, 0.25) is 0 Å². The van der Waals surface area contributed by atoms with Crippen molar-refractivity contribution in [3.8, 4) is 0 Å². The van der Waals surface area contributed by atoms with Gasteiger partial charge in [0.25, 0.3) is 0 Å². The van der Waals surface area contributed by atoms with Gasteiger partial charge >= 0.3 is 0 Å². The van der Waals surface area contributed by atoms with Gasteiger partial charge in [-0.3, -0.25) is 0 Å². The van der Waals surface area contributed by atoms with E-state index in [0.717, 1.165) is 74.3 Å². The summed E-state index contributed by atoms with van der Waals surface area (Å²) in [7, 11) is 0. The van der Waals surface area contributed by atoms with Crippen molar-refractivity contribution in [1.29, 1.82) is 0 Å². The first-order chi connectivity index (χ1) is 19.5. The van der Waals surface area contributed by atoms with E-state index >= 15 is 0 Å². The first-order valence-electron chi connectivity index (χ1n) is 15.7. The van der Waals surface area contributed by atoms with Crippen molar-refractivity contribution in [2.75, 3.05) is 0 Å². The number of H-pyrrole nitrogens is 1. The van der Waals surface area contributed by atoms with Gasteiger partial charge in [0.05, 0.1) is 22.8 Å². The molecule has 6 nitrogen and oxygen atoms in total. The summed E-state index contributed by atoms with van der Waals surface area (Å²) in [5.74, 6) is 0. The number of nitrogens with one attached hydrogen (secondary N) is 1. The Hall–Kier alpha value is -2.68. The van der Waals surface area contributed by atoms with Gasteiger partial charge < -0.3 is 20.5 Å². The molecule has 0 aromatic carbocycles. The summed E-state index contributed by atoms with van der Waals surface area (Å²) in [4.78, 5) is 14.3. The number of rotatable bonds is 8. The third-order valence-electron chi connectivity index (χ3n) is 8.86. The van der Waals surface area contributed by atoms with E-state index in [0.29, 0.717) is 0 Å². The van der Waals surface area contributed by atoms with Crippen LogP contribution in [0.1, 0.15) is 118 Å². The predicted molar refractivity (Wildman–Crippen MR) is 187 cm³/mol. The maximum Gasteiger partial charge on any atom is 0.0722 e. The smallest absolute Gasteiger partial charge is 0.0722 e. The maximum absolute atomic E-state index is 5.22. The SMILES string of the molecule is CCC1=Cc2cc3nc(cc4c(CC)c(CC)c(c(CC)c5[nH]c(c(CC)c1n2)c(CC)c5CC)n4CC)C=C3.O.O.[Sn]. The van der Waals surface area contributed by atoms with Crippen LogP contribution in [0.25, 0.3) is 45.9 Å². The summed E-state index contributed by atoms with van der Waals surface area (Å²) >= 11 is 0. The second-order valence-electron chi connectivity index (χ2n) is 10.8. The molecule has 4 radical (unpaired) electrons. The normalized spacial score (nSPS) is 12.0.